The van der Waals surface area contributed by atoms with E-state index in [1.54, 1.807) is 0 Å². The molecular formula is C56H37NO. The van der Waals surface area contributed by atoms with Crippen LogP contribution in [0.15, 0.2) is 229 Å². The third kappa shape index (κ3) is 5.82. The molecule has 11 rings (SSSR count). The van der Waals surface area contributed by atoms with Crippen molar-refractivity contribution in [3.05, 3.63) is 224 Å². The molecule has 0 saturated carbocycles. The maximum atomic E-state index is 6.26. The van der Waals surface area contributed by atoms with Crippen LogP contribution in [-0.2, 0) is 0 Å². The molecule has 0 fully saturated rings. The highest BCUT2D eigenvalue weighted by molar-refractivity contribution is 6.12. The maximum absolute atomic E-state index is 6.26. The Morgan fingerprint density at radius 1 is 0.293 bits per heavy atom. The number of hydrogen-bond acceptors (Lipinski definition) is 2. The lowest BCUT2D eigenvalue weighted by Gasteiger charge is -2.28. The standard InChI is InChI=1S/C56H37NO/c1-3-19-46-38(13-1)15-10-23-48(46)40-29-31-41(32-30-40)50-21-5-7-26-53(50)57(45-18-9-17-43(37-45)49-24-11-16-39-14-2-4-20-47(39)49)44-35-33-42(34-36-44)51-25-12-28-55-56(51)52-22-6-8-27-54(52)58-55/h1-37H. The second-order valence-electron chi connectivity index (χ2n) is 14.9. The van der Waals surface area contributed by atoms with Crippen LogP contribution in [0.5, 0.6) is 0 Å². The number of benzene rings is 10. The number of nitrogens with zero attached hydrogens (tertiary/aromatic N) is 1. The van der Waals surface area contributed by atoms with E-state index in [1.165, 1.54) is 43.8 Å². The summed E-state index contributed by atoms with van der Waals surface area (Å²) >= 11 is 0. The molecule has 0 N–H and O–H groups in total. The van der Waals surface area contributed by atoms with Crippen molar-refractivity contribution in [3.8, 4) is 44.5 Å². The minimum absolute atomic E-state index is 0.898. The van der Waals surface area contributed by atoms with Crippen LogP contribution in [0.2, 0.25) is 0 Å². The highest BCUT2D eigenvalue weighted by atomic mass is 16.3. The fourth-order valence-corrected chi connectivity index (χ4v) is 8.74. The van der Waals surface area contributed by atoms with Gasteiger partial charge in [0, 0.05) is 27.7 Å². The molecular weight excluding hydrogens is 703 g/mol. The molecule has 1 heterocycles. The van der Waals surface area contributed by atoms with Gasteiger partial charge in [0.2, 0.25) is 0 Å². The summed E-state index contributed by atoms with van der Waals surface area (Å²) in [5.74, 6) is 0. The average Bonchev–Trinajstić information content (AvgIpc) is 3.69. The molecule has 0 aliphatic heterocycles. The molecule has 1 aromatic heterocycles. The molecule has 0 aliphatic rings. The SMILES string of the molecule is c1cc(-c2cccc3ccccc23)cc(N(c2ccc(-c3cccc4oc5ccccc5c34)cc2)c2ccccc2-c2ccc(-c3cccc4ccccc34)cc2)c1. The Balaban J connectivity index is 1.05. The third-order valence-corrected chi connectivity index (χ3v) is 11.5. The Labute approximate surface area is 337 Å². The molecule has 0 radical (unpaired) electrons. The molecule has 0 amide bonds. The minimum atomic E-state index is 0.898. The lowest BCUT2D eigenvalue weighted by Crippen LogP contribution is -2.11. The summed E-state index contributed by atoms with van der Waals surface area (Å²) in [5.41, 5.74) is 14.5. The largest absolute Gasteiger partial charge is 0.456 e. The van der Waals surface area contributed by atoms with Crippen molar-refractivity contribution >= 4 is 60.5 Å². The van der Waals surface area contributed by atoms with Gasteiger partial charge in [0.1, 0.15) is 11.2 Å². The summed E-state index contributed by atoms with van der Waals surface area (Å²) in [6.45, 7) is 0. The lowest BCUT2D eigenvalue weighted by molar-refractivity contribution is 0.669. The Bertz CT molecular complexity index is 3270. The van der Waals surface area contributed by atoms with E-state index in [1.807, 2.05) is 12.1 Å². The van der Waals surface area contributed by atoms with Crippen LogP contribution in [0.1, 0.15) is 0 Å². The van der Waals surface area contributed by atoms with Gasteiger partial charge in [-0.25, -0.2) is 0 Å². The first-order chi connectivity index (χ1) is 28.8. The highest BCUT2D eigenvalue weighted by Gasteiger charge is 2.19. The number of furan rings is 1. The van der Waals surface area contributed by atoms with E-state index < -0.39 is 0 Å². The van der Waals surface area contributed by atoms with E-state index in [0.29, 0.717) is 0 Å². The van der Waals surface area contributed by atoms with Crippen LogP contribution < -0.4 is 4.90 Å². The Kier molecular flexibility index (Phi) is 8.19. The third-order valence-electron chi connectivity index (χ3n) is 11.5. The maximum Gasteiger partial charge on any atom is 0.136 e. The Morgan fingerprint density at radius 3 is 1.52 bits per heavy atom. The summed E-state index contributed by atoms with van der Waals surface area (Å²) in [6.07, 6.45) is 0. The zero-order chi connectivity index (χ0) is 38.4. The van der Waals surface area contributed by atoms with Gasteiger partial charge >= 0.3 is 0 Å². The predicted molar refractivity (Wildman–Crippen MR) is 245 cm³/mol. The summed E-state index contributed by atoms with van der Waals surface area (Å²) in [4.78, 5) is 2.40. The number of para-hydroxylation sites is 2. The number of fused-ring (bicyclic) bond motifs is 5. The van der Waals surface area contributed by atoms with E-state index in [4.69, 9.17) is 4.42 Å². The van der Waals surface area contributed by atoms with Crippen molar-refractivity contribution < 1.29 is 4.42 Å². The zero-order valence-electron chi connectivity index (χ0n) is 31.7. The quantitative estimate of drug-likeness (QED) is 0.162. The molecule has 2 nitrogen and oxygen atoms in total. The van der Waals surface area contributed by atoms with E-state index in [9.17, 15) is 0 Å². The Hall–Kier alpha value is -7.68. The second-order valence-corrected chi connectivity index (χ2v) is 14.9. The molecule has 0 aliphatic carbocycles. The molecule has 272 valence electrons. The van der Waals surface area contributed by atoms with Crippen LogP contribution in [0, 0.1) is 0 Å². The molecule has 0 bridgehead atoms. The fourth-order valence-electron chi connectivity index (χ4n) is 8.74. The first kappa shape index (κ1) is 33.6. The lowest BCUT2D eigenvalue weighted by atomic mass is 9.95. The van der Waals surface area contributed by atoms with E-state index in [-0.39, 0.29) is 0 Å². The first-order valence-corrected chi connectivity index (χ1v) is 19.8. The normalized spacial score (nSPS) is 11.4. The van der Waals surface area contributed by atoms with Crippen molar-refractivity contribution in [2.24, 2.45) is 0 Å². The minimum Gasteiger partial charge on any atom is -0.456 e. The zero-order valence-corrected chi connectivity index (χ0v) is 31.7. The molecule has 0 unspecified atom stereocenters. The average molecular weight is 740 g/mol. The summed E-state index contributed by atoms with van der Waals surface area (Å²) in [6, 6.07) is 80.7. The van der Waals surface area contributed by atoms with Crippen molar-refractivity contribution in [2.45, 2.75) is 0 Å². The van der Waals surface area contributed by atoms with Crippen molar-refractivity contribution in [1.29, 1.82) is 0 Å². The smallest absolute Gasteiger partial charge is 0.136 e. The molecule has 2 heteroatoms. The molecule has 10 aromatic carbocycles. The van der Waals surface area contributed by atoms with Crippen molar-refractivity contribution in [2.75, 3.05) is 4.90 Å². The van der Waals surface area contributed by atoms with Gasteiger partial charge in [0.05, 0.1) is 5.69 Å². The molecule has 0 saturated heterocycles. The molecule has 0 atom stereocenters. The highest BCUT2D eigenvalue weighted by Crippen LogP contribution is 2.44. The van der Waals surface area contributed by atoms with Gasteiger partial charge in [-0.3, -0.25) is 0 Å². The van der Waals surface area contributed by atoms with Crippen LogP contribution in [0.25, 0.3) is 88.0 Å². The number of hydrogen-bond donors (Lipinski definition) is 0. The van der Waals surface area contributed by atoms with Gasteiger partial charge in [-0.05, 0) is 103 Å². The van der Waals surface area contributed by atoms with E-state index in [0.717, 1.165) is 61.3 Å². The van der Waals surface area contributed by atoms with Crippen molar-refractivity contribution in [1.82, 2.24) is 0 Å². The topological polar surface area (TPSA) is 16.4 Å². The van der Waals surface area contributed by atoms with Crippen LogP contribution in [0.4, 0.5) is 17.1 Å². The first-order valence-electron chi connectivity index (χ1n) is 19.8. The Morgan fingerprint density at radius 2 is 0.776 bits per heavy atom. The monoisotopic (exact) mass is 739 g/mol. The fraction of sp³-hybridized carbons (Fsp3) is 0. The summed E-state index contributed by atoms with van der Waals surface area (Å²) < 4.78 is 6.26. The van der Waals surface area contributed by atoms with Gasteiger partial charge < -0.3 is 9.32 Å². The van der Waals surface area contributed by atoms with Crippen molar-refractivity contribution in [3.63, 3.8) is 0 Å². The predicted octanol–water partition coefficient (Wildman–Crippen LogP) is 16.0. The molecule has 58 heavy (non-hydrogen) atoms. The summed E-state index contributed by atoms with van der Waals surface area (Å²) in [7, 11) is 0. The molecule has 0 spiro atoms. The van der Waals surface area contributed by atoms with Gasteiger partial charge in [-0.1, -0.05) is 182 Å². The second kappa shape index (κ2) is 14.1. The van der Waals surface area contributed by atoms with E-state index in [2.05, 4.69) is 217 Å². The van der Waals surface area contributed by atoms with E-state index >= 15 is 0 Å². The van der Waals surface area contributed by atoms with Gasteiger partial charge in [-0.15, -0.1) is 0 Å². The van der Waals surface area contributed by atoms with Crippen LogP contribution >= 0.6 is 0 Å². The number of anilines is 3. The van der Waals surface area contributed by atoms with Gasteiger partial charge in [-0.2, -0.15) is 0 Å². The van der Waals surface area contributed by atoms with Crippen LogP contribution in [-0.4, -0.2) is 0 Å². The number of rotatable bonds is 7. The van der Waals surface area contributed by atoms with Gasteiger partial charge in [0.15, 0.2) is 0 Å². The van der Waals surface area contributed by atoms with Crippen LogP contribution in [0.3, 0.4) is 0 Å². The molecule has 11 aromatic rings. The summed E-state index contributed by atoms with van der Waals surface area (Å²) in [5, 5.41) is 7.25. The van der Waals surface area contributed by atoms with Gasteiger partial charge in [0.25, 0.3) is 0 Å².